The third-order valence-corrected chi connectivity index (χ3v) is 7.65. The van der Waals surface area contributed by atoms with Gasteiger partial charge >= 0.3 is 0 Å². The van der Waals surface area contributed by atoms with Gasteiger partial charge in [0.15, 0.2) is 0 Å². The summed E-state index contributed by atoms with van der Waals surface area (Å²) in [5, 5.41) is 3.66. The second-order valence-corrected chi connectivity index (χ2v) is 9.92. The fourth-order valence-corrected chi connectivity index (χ4v) is 5.59. The molecule has 0 bridgehead atoms. The molecule has 172 valence electrons. The van der Waals surface area contributed by atoms with Gasteiger partial charge in [0.1, 0.15) is 17.3 Å². The SMILES string of the molecule is O=C(NCc1ccccc1)c1ccc2c(c1)CN(S(=O)(=O)c1cccc3cccnc13)CCO2. The van der Waals surface area contributed by atoms with Crippen molar-refractivity contribution in [3.63, 3.8) is 0 Å². The number of hydrogen-bond donors (Lipinski definition) is 1. The smallest absolute Gasteiger partial charge is 0.251 e. The number of para-hydroxylation sites is 1. The molecule has 2 heterocycles. The van der Waals surface area contributed by atoms with E-state index in [1.54, 1.807) is 42.6 Å². The van der Waals surface area contributed by atoms with Crippen molar-refractivity contribution in [1.29, 1.82) is 0 Å². The molecule has 0 saturated carbocycles. The maximum absolute atomic E-state index is 13.6. The molecular formula is C26H23N3O4S. The Bertz CT molecular complexity index is 1450. The van der Waals surface area contributed by atoms with Crippen LogP contribution in [0.15, 0.2) is 90.0 Å². The number of benzene rings is 3. The van der Waals surface area contributed by atoms with E-state index in [-0.39, 0.29) is 30.5 Å². The van der Waals surface area contributed by atoms with Crippen molar-refractivity contribution < 1.29 is 17.9 Å². The minimum absolute atomic E-state index is 0.0979. The van der Waals surface area contributed by atoms with Gasteiger partial charge in [0.05, 0.1) is 5.52 Å². The maximum atomic E-state index is 13.6. The molecule has 34 heavy (non-hydrogen) atoms. The van der Waals surface area contributed by atoms with Crippen molar-refractivity contribution in [2.24, 2.45) is 0 Å². The lowest BCUT2D eigenvalue weighted by atomic mass is 10.1. The van der Waals surface area contributed by atoms with Crippen molar-refractivity contribution in [3.05, 3.63) is 102 Å². The largest absolute Gasteiger partial charge is 0.492 e. The summed E-state index contributed by atoms with van der Waals surface area (Å²) in [4.78, 5) is 17.2. The number of carbonyl (C=O) groups excluding carboxylic acids is 1. The summed E-state index contributed by atoms with van der Waals surface area (Å²) >= 11 is 0. The zero-order valence-electron chi connectivity index (χ0n) is 18.3. The molecule has 0 atom stereocenters. The first kappa shape index (κ1) is 22.1. The minimum atomic E-state index is -3.84. The van der Waals surface area contributed by atoms with Crippen molar-refractivity contribution in [1.82, 2.24) is 14.6 Å². The predicted molar refractivity (Wildman–Crippen MR) is 129 cm³/mol. The van der Waals surface area contributed by atoms with E-state index < -0.39 is 10.0 Å². The number of nitrogens with zero attached hydrogens (tertiary/aromatic N) is 2. The van der Waals surface area contributed by atoms with Gasteiger partial charge in [-0.1, -0.05) is 48.5 Å². The number of ether oxygens (including phenoxy) is 1. The summed E-state index contributed by atoms with van der Waals surface area (Å²) in [6, 6.07) is 23.5. The minimum Gasteiger partial charge on any atom is -0.492 e. The van der Waals surface area contributed by atoms with Crippen molar-refractivity contribution in [2.45, 2.75) is 18.0 Å². The number of carbonyl (C=O) groups is 1. The number of amides is 1. The van der Waals surface area contributed by atoms with E-state index >= 15 is 0 Å². The molecule has 0 aliphatic carbocycles. The summed E-state index contributed by atoms with van der Waals surface area (Å²) < 4.78 is 34.4. The van der Waals surface area contributed by atoms with Gasteiger partial charge in [0.2, 0.25) is 10.0 Å². The number of hydrogen-bond acceptors (Lipinski definition) is 5. The average molecular weight is 474 g/mol. The Balaban J connectivity index is 1.41. The molecule has 1 N–H and O–H groups in total. The van der Waals surface area contributed by atoms with E-state index in [0.717, 1.165) is 10.9 Å². The second-order valence-electron chi connectivity index (χ2n) is 8.01. The highest BCUT2D eigenvalue weighted by atomic mass is 32.2. The number of sulfonamides is 1. The number of aromatic nitrogens is 1. The van der Waals surface area contributed by atoms with E-state index in [9.17, 15) is 13.2 Å². The number of rotatable bonds is 5. The molecule has 7 nitrogen and oxygen atoms in total. The van der Waals surface area contributed by atoms with Gasteiger partial charge in [-0.2, -0.15) is 4.31 Å². The van der Waals surface area contributed by atoms with E-state index in [1.807, 2.05) is 42.5 Å². The number of nitrogens with one attached hydrogen (secondary N) is 1. The zero-order chi connectivity index (χ0) is 23.5. The van der Waals surface area contributed by atoms with Crippen LogP contribution < -0.4 is 10.1 Å². The van der Waals surface area contributed by atoms with Crippen LogP contribution in [0.4, 0.5) is 0 Å². The molecule has 0 saturated heterocycles. The van der Waals surface area contributed by atoms with Crippen molar-refractivity contribution in [3.8, 4) is 5.75 Å². The standard InChI is InChI=1S/C26H23N3O4S/c30-26(28-17-19-6-2-1-3-7-19)21-11-12-23-22(16-21)18-29(14-15-33-23)34(31,32)24-10-4-8-20-9-5-13-27-25(20)24/h1-13,16H,14-15,17-18H2,(H,28,30). The lowest BCUT2D eigenvalue weighted by Gasteiger charge is -2.20. The van der Waals surface area contributed by atoms with Gasteiger partial charge in [-0.3, -0.25) is 9.78 Å². The Morgan fingerprint density at radius 1 is 1.00 bits per heavy atom. The van der Waals surface area contributed by atoms with E-state index in [1.165, 1.54) is 4.31 Å². The van der Waals surface area contributed by atoms with Crippen LogP contribution in [-0.4, -0.2) is 36.8 Å². The van der Waals surface area contributed by atoms with Gasteiger partial charge in [-0.15, -0.1) is 0 Å². The van der Waals surface area contributed by atoms with Crippen LogP contribution in [0.1, 0.15) is 21.5 Å². The third-order valence-electron chi connectivity index (χ3n) is 5.78. The molecule has 0 radical (unpaired) electrons. The van der Waals surface area contributed by atoms with E-state index in [0.29, 0.717) is 28.9 Å². The molecule has 1 amide bonds. The Kier molecular flexibility index (Phi) is 6.00. The summed E-state index contributed by atoms with van der Waals surface area (Å²) in [6.07, 6.45) is 1.59. The fraction of sp³-hybridized carbons (Fsp3) is 0.154. The van der Waals surface area contributed by atoms with Gasteiger partial charge in [-0.25, -0.2) is 8.42 Å². The Labute approximate surface area is 198 Å². The topological polar surface area (TPSA) is 88.6 Å². The van der Waals surface area contributed by atoms with Crippen LogP contribution in [0, 0.1) is 0 Å². The zero-order valence-corrected chi connectivity index (χ0v) is 19.2. The van der Waals surface area contributed by atoms with Crippen LogP contribution in [-0.2, 0) is 23.1 Å². The summed E-state index contributed by atoms with van der Waals surface area (Å²) in [5.74, 6) is 0.344. The number of fused-ring (bicyclic) bond motifs is 2. The molecule has 3 aromatic carbocycles. The first-order valence-corrected chi connectivity index (χ1v) is 12.4. The quantitative estimate of drug-likeness (QED) is 0.477. The van der Waals surface area contributed by atoms with Crippen LogP contribution in [0.3, 0.4) is 0 Å². The lowest BCUT2D eigenvalue weighted by Crippen LogP contribution is -2.32. The Morgan fingerprint density at radius 2 is 1.82 bits per heavy atom. The van der Waals surface area contributed by atoms with Gasteiger partial charge in [0.25, 0.3) is 5.91 Å². The normalized spacial score (nSPS) is 14.1. The van der Waals surface area contributed by atoms with Crippen molar-refractivity contribution in [2.75, 3.05) is 13.2 Å². The molecule has 8 heteroatoms. The molecule has 1 aromatic heterocycles. The summed E-state index contributed by atoms with van der Waals surface area (Å²) in [5.41, 5.74) is 2.52. The summed E-state index contributed by atoms with van der Waals surface area (Å²) in [6.45, 7) is 0.905. The van der Waals surface area contributed by atoms with Crippen molar-refractivity contribution >= 4 is 26.8 Å². The second kappa shape index (κ2) is 9.24. The highest BCUT2D eigenvalue weighted by Crippen LogP contribution is 2.30. The Hall–Kier alpha value is -3.75. The van der Waals surface area contributed by atoms with Gasteiger partial charge in [-0.05, 0) is 35.9 Å². The molecule has 1 aliphatic rings. The van der Waals surface area contributed by atoms with Gasteiger partial charge < -0.3 is 10.1 Å². The Morgan fingerprint density at radius 3 is 2.68 bits per heavy atom. The molecule has 0 unspecified atom stereocenters. The molecule has 1 aliphatic heterocycles. The predicted octanol–water partition coefficient (Wildman–Crippen LogP) is 3.75. The first-order chi connectivity index (χ1) is 16.5. The highest BCUT2D eigenvalue weighted by Gasteiger charge is 2.30. The maximum Gasteiger partial charge on any atom is 0.251 e. The molecule has 0 spiro atoms. The lowest BCUT2D eigenvalue weighted by molar-refractivity contribution is 0.0950. The first-order valence-electron chi connectivity index (χ1n) is 10.9. The monoisotopic (exact) mass is 473 g/mol. The fourth-order valence-electron chi connectivity index (χ4n) is 4.02. The molecule has 0 fully saturated rings. The highest BCUT2D eigenvalue weighted by molar-refractivity contribution is 7.89. The van der Waals surface area contributed by atoms with Crippen LogP contribution >= 0.6 is 0 Å². The molecule has 4 aromatic rings. The van der Waals surface area contributed by atoms with Crippen LogP contribution in [0.25, 0.3) is 10.9 Å². The van der Waals surface area contributed by atoms with Crippen LogP contribution in [0.5, 0.6) is 5.75 Å². The van der Waals surface area contributed by atoms with E-state index in [4.69, 9.17) is 4.74 Å². The average Bonchev–Trinajstić information content (AvgIpc) is 3.10. The van der Waals surface area contributed by atoms with E-state index in [2.05, 4.69) is 10.3 Å². The third kappa shape index (κ3) is 4.37. The molecular weight excluding hydrogens is 450 g/mol. The molecule has 5 rings (SSSR count). The van der Waals surface area contributed by atoms with Gasteiger partial charge in [0, 0.05) is 42.3 Å². The van der Waals surface area contributed by atoms with Crippen LogP contribution in [0.2, 0.25) is 0 Å². The number of pyridine rings is 1. The summed E-state index contributed by atoms with van der Waals surface area (Å²) in [7, 11) is -3.84.